The fraction of sp³-hybridized carbons (Fsp3) is 0.333. The van der Waals surface area contributed by atoms with Crippen LogP contribution >= 0.6 is 34.8 Å². The van der Waals surface area contributed by atoms with Crippen molar-refractivity contribution >= 4 is 52.9 Å². The average Bonchev–Trinajstić information content (AvgIpc) is 2.40. The van der Waals surface area contributed by atoms with Crippen LogP contribution in [0.15, 0.2) is 12.1 Å². The molecule has 0 spiro atoms. The molecule has 0 saturated carbocycles. The summed E-state index contributed by atoms with van der Waals surface area (Å²) in [6.45, 7) is 0.846. The number of nitrogens with zero attached hydrogens (tertiary/aromatic N) is 1. The van der Waals surface area contributed by atoms with Gasteiger partial charge in [0.05, 0.1) is 5.02 Å². The van der Waals surface area contributed by atoms with Crippen LogP contribution in [0.25, 0.3) is 0 Å². The molecule has 0 aromatic heterocycles. The zero-order chi connectivity index (χ0) is 14.0. The van der Waals surface area contributed by atoms with Crippen LogP contribution in [0.4, 0.5) is 5.69 Å². The van der Waals surface area contributed by atoms with Gasteiger partial charge in [0.1, 0.15) is 5.75 Å². The van der Waals surface area contributed by atoms with Crippen LogP contribution in [0.5, 0.6) is 5.75 Å². The Bertz CT molecular complexity index is 519. The van der Waals surface area contributed by atoms with E-state index in [2.05, 4.69) is 0 Å². The van der Waals surface area contributed by atoms with Crippen molar-refractivity contribution in [2.75, 3.05) is 11.4 Å². The van der Waals surface area contributed by atoms with E-state index in [4.69, 9.17) is 39.5 Å². The molecule has 2 rings (SSSR count). The lowest BCUT2D eigenvalue weighted by atomic mass is 10.0. The second-order valence-corrected chi connectivity index (χ2v) is 5.46. The van der Waals surface area contributed by atoms with Crippen LogP contribution in [-0.2, 0) is 16.0 Å². The summed E-state index contributed by atoms with van der Waals surface area (Å²) in [4.78, 5) is 22.7. The van der Waals surface area contributed by atoms with E-state index < -0.39 is 4.84 Å². The Morgan fingerprint density at radius 2 is 2.16 bits per heavy atom. The van der Waals surface area contributed by atoms with Crippen LogP contribution in [0.3, 0.4) is 0 Å². The van der Waals surface area contributed by atoms with Crippen molar-refractivity contribution < 1.29 is 14.3 Å². The molecule has 19 heavy (non-hydrogen) atoms. The minimum atomic E-state index is -1.12. The first-order valence-corrected chi connectivity index (χ1v) is 6.82. The number of anilines is 1. The monoisotopic (exact) mass is 321 g/mol. The minimum absolute atomic E-state index is 0.276. The molecule has 0 N–H and O–H groups in total. The first-order chi connectivity index (χ1) is 9.06. The van der Waals surface area contributed by atoms with Gasteiger partial charge in [0.2, 0.25) is 0 Å². The number of benzene rings is 1. The molecule has 1 aromatic rings. The number of carbonyl (C=O) groups is 2. The Hall–Kier alpha value is -0.970. The van der Waals surface area contributed by atoms with Gasteiger partial charge in [-0.25, -0.2) is 0 Å². The van der Waals surface area contributed by atoms with Gasteiger partial charge in [-0.2, -0.15) is 0 Å². The van der Waals surface area contributed by atoms with Gasteiger partial charge in [0.15, 0.2) is 4.84 Å². The van der Waals surface area contributed by atoms with Gasteiger partial charge >= 0.3 is 0 Å². The lowest BCUT2D eigenvalue weighted by molar-refractivity contribution is -0.120. The SMILES string of the molecule is O=COc1ccc2c(c1Cl)CCCN2C(=O)C(Cl)Cl. The van der Waals surface area contributed by atoms with Crippen molar-refractivity contribution in [2.24, 2.45) is 0 Å². The Labute approximate surface area is 125 Å². The number of fused-ring (bicyclic) bond motifs is 1. The van der Waals surface area contributed by atoms with Crippen LogP contribution in [0.1, 0.15) is 12.0 Å². The van der Waals surface area contributed by atoms with E-state index in [1.165, 1.54) is 4.90 Å². The summed E-state index contributed by atoms with van der Waals surface area (Å²) in [6, 6.07) is 3.21. The first-order valence-electron chi connectivity index (χ1n) is 5.57. The van der Waals surface area contributed by atoms with Crippen molar-refractivity contribution in [1.29, 1.82) is 0 Å². The van der Waals surface area contributed by atoms with E-state index in [1.807, 2.05) is 0 Å². The molecule has 0 atom stereocenters. The van der Waals surface area contributed by atoms with Gasteiger partial charge in [-0.15, -0.1) is 0 Å². The van der Waals surface area contributed by atoms with Crippen LogP contribution in [-0.4, -0.2) is 23.8 Å². The maximum absolute atomic E-state index is 11.9. The molecule has 102 valence electrons. The zero-order valence-corrected chi connectivity index (χ0v) is 12.0. The third-order valence-corrected chi connectivity index (χ3v) is 3.70. The molecule has 1 amide bonds. The zero-order valence-electron chi connectivity index (χ0n) is 9.74. The smallest absolute Gasteiger partial charge is 0.298 e. The number of hydrogen-bond donors (Lipinski definition) is 0. The van der Waals surface area contributed by atoms with Crippen LogP contribution in [0.2, 0.25) is 5.02 Å². The highest BCUT2D eigenvalue weighted by atomic mass is 35.5. The van der Waals surface area contributed by atoms with Gasteiger partial charge in [0, 0.05) is 12.2 Å². The largest absolute Gasteiger partial charge is 0.427 e. The molecular weight excluding hydrogens is 312 g/mol. The summed E-state index contributed by atoms with van der Waals surface area (Å²) >= 11 is 17.4. The van der Waals surface area contributed by atoms with Crippen LogP contribution in [0, 0.1) is 0 Å². The van der Waals surface area contributed by atoms with Crippen molar-refractivity contribution in [1.82, 2.24) is 0 Å². The Morgan fingerprint density at radius 1 is 1.42 bits per heavy atom. The number of alkyl halides is 2. The van der Waals surface area contributed by atoms with Crippen molar-refractivity contribution in [3.8, 4) is 5.75 Å². The van der Waals surface area contributed by atoms with Gasteiger partial charge in [-0.1, -0.05) is 34.8 Å². The lowest BCUT2D eigenvalue weighted by Crippen LogP contribution is -2.38. The average molecular weight is 323 g/mol. The molecule has 0 aliphatic carbocycles. The molecule has 1 aromatic carbocycles. The van der Waals surface area contributed by atoms with Crippen molar-refractivity contribution in [3.63, 3.8) is 0 Å². The van der Waals surface area contributed by atoms with Gasteiger partial charge < -0.3 is 9.64 Å². The molecule has 0 unspecified atom stereocenters. The molecule has 0 saturated heterocycles. The van der Waals surface area contributed by atoms with Gasteiger partial charge in [-0.3, -0.25) is 9.59 Å². The maximum Gasteiger partial charge on any atom is 0.298 e. The molecule has 4 nitrogen and oxygen atoms in total. The Balaban J connectivity index is 2.43. The summed E-state index contributed by atoms with van der Waals surface area (Å²) in [7, 11) is 0. The molecule has 7 heteroatoms. The molecular formula is C12H10Cl3NO3. The van der Waals surface area contributed by atoms with E-state index in [0.29, 0.717) is 30.1 Å². The fourth-order valence-electron chi connectivity index (χ4n) is 2.10. The van der Waals surface area contributed by atoms with Crippen LogP contribution < -0.4 is 9.64 Å². The molecule has 1 aliphatic rings. The van der Waals surface area contributed by atoms with Crippen molar-refractivity contribution in [3.05, 3.63) is 22.7 Å². The third-order valence-electron chi connectivity index (χ3n) is 2.91. The molecule has 1 aliphatic heterocycles. The fourth-order valence-corrected chi connectivity index (χ4v) is 2.64. The second kappa shape index (κ2) is 5.99. The number of ether oxygens (including phenoxy) is 1. The van der Waals surface area contributed by atoms with Crippen molar-refractivity contribution in [2.45, 2.75) is 17.7 Å². The third kappa shape index (κ3) is 2.81. The standard InChI is InChI=1S/C12H10Cl3NO3/c13-10-7-2-1-5-16(12(18)11(14)15)8(7)3-4-9(10)19-6-17/h3-4,6,11H,1-2,5H2. The predicted octanol–water partition coefficient (Wildman–Crippen LogP) is 2.96. The van der Waals surface area contributed by atoms with E-state index >= 15 is 0 Å². The summed E-state index contributed by atoms with van der Waals surface area (Å²) in [5.41, 5.74) is 1.42. The summed E-state index contributed by atoms with van der Waals surface area (Å²) in [5, 5.41) is 0.336. The second-order valence-electron chi connectivity index (χ2n) is 3.98. The summed E-state index contributed by atoms with van der Waals surface area (Å²) in [6.07, 6.45) is 1.44. The number of carbonyl (C=O) groups excluding carboxylic acids is 2. The molecule has 0 fully saturated rings. The number of hydrogen-bond acceptors (Lipinski definition) is 3. The molecule has 0 bridgehead atoms. The summed E-state index contributed by atoms with van der Waals surface area (Å²) < 4.78 is 4.78. The normalized spacial score (nSPS) is 14.2. The minimum Gasteiger partial charge on any atom is -0.427 e. The summed E-state index contributed by atoms with van der Waals surface area (Å²) in [5.74, 6) is -0.109. The van der Waals surface area contributed by atoms with E-state index in [1.54, 1.807) is 12.1 Å². The van der Waals surface area contributed by atoms with E-state index in [0.717, 1.165) is 12.0 Å². The highest BCUT2D eigenvalue weighted by Gasteiger charge is 2.28. The van der Waals surface area contributed by atoms with Gasteiger partial charge in [0.25, 0.3) is 12.4 Å². The number of amides is 1. The number of rotatable bonds is 3. The Kier molecular flexibility index (Phi) is 4.55. The highest BCUT2D eigenvalue weighted by molar-refractivity contribution is 6.54. The molecule has 1 heterocycles. The topological polar surface area (TPSA) is 46.6 Å². The first kappa shape index (κ1) is 14.4. The van der Waals surface area contributed by atoms with Gasteiger partial charge in [-0.05, 0) is 30.5 Å². The van der Waals surface area contributed by atoms with E-state index in [-0.39, 0.29) is 11.7 Å². The molecule has 0 radical (unpaired) electrons. The predicted molar refractivity (Wildman–Crippen MR) is 74.3 cm³/mol. The highest BCUT2D eigenvalue weighted by Crippen LogP contribution is 2.39. The maximum atomic E-state index is 11.9. The lowest BCUT2D eigenvalue weighted by Gasteiger charge is -2.30. The number of halogens is 3. The quantitative estimate of drug-likeness (QED) is 0.635. The van der Waals surface area contributed by atoms with E-state index in [9.17, 15) is 9.59 Å². The Morgan fingerprint density at radius 3 is 2.79 bits per heavy atom.